The highest BCUT2D eigenvalue weighted by atomic mass is 16.5. The van der Waals surface area contributed by atoms with Crippen LogP contribution in [0.25, 0.3) is 0 Å². The van der Waals surface area contributed by atoms with Crippen molar-refractivity contribution < 1.29 is 19.4 Å². The van der Waals surface area contributed by atoms with Gasteiger partial charge in [-0.2, -0.15) is 0 Å². The minimum Gasteiger partial charge on any atom is -0.495 e. The fourth-order valence-electron chi connectivity index (χ4n) is 1.99. The number of carbonyl (C=O) groups is 2. The van der Waals surface area contributed by atoms with Gasteiger partial charge in [0.05, 0.1) is 19.3 Å². The summed E-state index contributed by atoms with van der Waals surface area (Å²) < 4.78 is 5.14. The van der Waals surface area contributed by atoms with Crippen molar-refractivity contribution in [1.29, 1.82) is 0 Å². The summed E-state index contributed by atoms with van der Waals surface area (Å²) in [6, 6.07) is 7.04. The number of hydrogen-bond acceptors (Lipinski definition) is 4. The molecule has 0 spiro atoms. The zero-order valence-electron chi connectivity index (χ0n) is 12.6. The maximum absolute atomic E-state index is 11.9. The van der Waals surface area contributed by atoms with Crippen LogP contribution in [0.15, 0.2) is 24.3 Å². The van der Waals surface area contributed by atoms with Crippen LogP contribution in [0.2, 0.25) is 0 Å². The average molecular weight is 294 g/mol. The summed E-state index contributed by atoms with van der Waals surface area (Å²) >= 11 is 0. The van der Waals surface area contributed by atoms with Gasteiger partial charge >= 0.3 is 5.97 Å². The molecule has 1 aromatic rings. The lowest BCUT2D eigenvalue weighted by Crippen LogP contribution is -2.51. The van der Waals surface area contributed by atoms with Crippen LogP contribution >= 0.6 is 0 Å². The van der Waals surface area contributed by atoms with Crippen LogP contribution in [0.5, 0.6) is 5.75 Å². The standard InChI is InChI=1S/C15H22N2O4/c1-4-9-15(2,14(19)20)16-10-13(18)17-11-7-5-6-8-12(11)21-3/h5-8,16H,4,9-10H2,1-3H3,(H,17,18)(H,19,20). The quantitative estimate of drug-likeness (QED) is 0.681. The molecule has 1 amide bonds. The van der Waals surface area contributed by atoms with E-state index in [1.807, 2.05) is 6.92 Å². The Morgan fingerprint density at radius 1 is 1.33 bits per heavy atom. The first-order valence-corrected chi connectivity index (χ1v) is 6.84. The number of rotatable bonds is 8. The van der Waals surface area contributed by atoms with Crippen LogP contribution in [0.1, 0.15) is 26.7 Å². The molecular weight excluding hydrogens is 272 g/mol. The molecule has 1 rings (SSSR count). The molecule has 0 saturated carbocycles. The molecule has 6 heteroatoms. The minimum absolute atomic E-state index is 0.0825. The number of ether oxygens (including phenoxy) is 1. The summed E-state index contributed by atoms with van der Waals surface area (Å²) in [5.74, 6) is -0.724. The van der Waals surface area contributed by atoms with Gasteiger partial charge in [-0.25, -0.2) is 0 Å². The van der Waals surface area contributed by atoms with Crippen molar-refractivity contribution in [3.8, 4) is 5.75 Å². The summed E-state index contributed by atoms with van der Waals surface area (Å²) in [6.07, 6.45) is 1.16. The first-order valence-electron chi connectivity index (χ1n) is 6.84. The number of carbonyl (C=O) groups excluding carboxylic acids is 1. The van der Waals surface area contributed by atoms with E-state index in [0.29, 0.717) is 24.3 Å². The van der Waals surface area contributed by atoms with E-state index in [1.165, 1.54) is 7.11 Å². The molecule has 1 unspecified atom stereocenters. The molecule has 1 atom stereocenters. The van der Waals surface area contributed by atoms with Gasteiger partial charge in [0, 0.05) is 0 Å². The Hall–Kier alpha value is -2.08. The summed E-state index contributed by atoms with van der Waals surface area (Å²) in [5.41, 5.74) is -0.549. The Morgan fingerprint density at radius 3 is 2.57 bits per heavy atom. The van der Waals surface area contributed by atoms with Gasteiger partial charge in [0.1, 0.15) is 11.3 Å². The van der Waals surface area contributed by atoms with Crippen LogP contribution in [0.3, 0.4) is 0 Å². The lowest BCUT2D eigenvalue weighted by Gasteiger charge is -2.25. The molecule has 0 fully saturated rings. The molecule has 6 nitrogen and oxygen atoms in total. The molecule has 0 saturated heterocycles. The fraction of sp³-hybridized carbons (Fsp3) is 0.467. The van der Waals surface area contributed by atoms with Crippen LogP contribution in [0.4, 0.5) is 5.69 Å². The molecule has 116 valence electrons. The van der Waals surface area contributed by atoms with E-state index in [-0.39, 0.29) is 12.5 Å². The first kappa shape index (κ1) is 17.0. The number of amides is 1. The predicted molar refractivity (Wildman–Crippen MR) is 80.6 cm³/mol. The smallest absolute Gasteiger partial charge is 0.323 e. The number of hydrogen-bond donors (Lipinski definition) is 3. The SMILES string of the molecule is CCCC(C)(NCC(=O)Nc1ccccc1OC)C(=O)O. The van der Waals surface area contributed by atoms with E-state index in [1.54, 1.807) is 31.2 Å². The Kier molecular flexibility index (Phi) is 6.17. The van der Waals surface area contributed by atoms with Gasteiger partial charge in [-0.05, 0) is 25.5 Å². The Balaban J connectivity index is 2.63. The maximum Gasteiger partial charge on any atom is 0.323 e. The first-order chi connectivity index (χ1) is 9.92. The fourth-order valence-corrected chi connectivity index (χ4v) is 1.99. The number of aliphatic carboxylic acids is 1. The topological polar surface area (TPSA) is 87.7 Å². The van der Waals surface area contributed by atoms with Gasteiger partial charge in [-0.1, -0.05) is 25.5 Å². The van der Waals surface area contributed by atoms with E-state index in [4.69, 9.17) is 4.74 Å². The van der Waals surface area contributed by atoms with Gasteiger partial charge in [-0.15, -0.1) is 0 Å². The van der Waals surface area contributed by atoms with Crippen LogP contribution in [-0.4, -0.2) is 36.2 Å². The van der Waals surface area contributed by atoms with Gasteiger partial charge in [0.2, 0.25) is 5.91 Å². The maximum atomic E-state index is 11.9. The summed E-state index contributed by atoms with van der Waals surface area (Å²) in [7, 11) is 1.52. The number of benzene rings is 1. The number of carboxylic acids is 1. The number of para-hydroxylation sites is 2. The number of methoxy groups -OCH3 is 1. The molecule has 1 aromatic carbocycles. The Bertz CT molecular complexity index is 504. The van der Waals surface area contributed by atoms with Crippen molar-refractivity contribution in [3.63, 3.8) is 0 Å². The summed E-state index contributed by atoms with van der Waals surface area (Å²) in [4.78, 5) is 23.2. The van der Waals surface area contributed by atoms with Crippen LogP contribution in [0, 0.1) is 0 Å². The molecule has 0 aliphatic rings. The number of anilines is 1. The van der Waals surface area contributed by atoms with Crippen molar-refractivity contribution in [2.24, 2.45) is 0 Å². The zero-order chi connectivity index (χ0) is 15.9. The normalized spacial score (nSPS) is 13.3. The molecule has 0 heterocycles. The molecule has 0 radical (unpaired) electrons. The number of nitrogens with one attached hydrogen (secondary N) is 2. The monoisotopic (exact) mass is 294 g/mol. The van der Waals surface area contributed by atoms with Crippen molar-refractivity contribution in [2.75, 3.05) is 19.0 Å². The van der Waals surface area contributed by atoms with Gasteiger partial charge in [0.15, 0.2) is 0 Å². The van der Waals surface area contributed by atoms with Crippen molar-refractivity contribution >= 4 is 17.6 Å². The summed E-state index contributed by atoms with van der Waals surface area (Å²) in [5, 5.41) is 14.7. The van der Waals surface area contributed by atoms with E-state index in [2.05, 4.69) is 10.6 Å². The highest BCUT2D eigenvalue weighted by molar-refractivity contribution is 5.94. The predicted octanol–water partition coefficient (Wildman–Crippen LogP) is 1.87. The lowest BCUT2D eigenvalue weighted by molar-refractivity contribution is -0.144. The van der Waals surface area contributed by atoms with Gasteiger partial charge in [-0.3, -0.25) is 14.9 Å². The average Bonchev–Trinajstić information content (AvgIpc) is 2.46. The van der Waals surface area contributed by atoms with Crippen LogP contribution < -0.4 is 15.4 Å². The molecule has 0 aliphatic heterocycles. The lowest BCUT2D eigenvalue weighted by atomic mass is 9.96. The minimum atomic E-state index is -1.10. The van der Waals surface area contributed by atoms with Crippen LogP contribution in [-0.2, 0) is 9.59 Å². The van der Waals surface area contributed by atoms with Crippen molar-refractivity contribution in [3.05, 3.63) is 24.3 Å². The van der Waals surface area contributed by atoms with Crippen molar-refractivity contribution in [1.82, 2.24) is 5.32 Å². The highest BCUT2D eigenvalue weighted by Gasteiger charge is 2.31. The van der Waals surface area contributed by atoms with E-state index in [0.717, 1.165) is 0 Å². The van der Waals surface area contributed by atoms with Crippen molar-refractivity contribution in [2.45, 2.75) is 32.2 Å². The highest BCUT2D eigenvalue weighted by Crippen LogP contribution is 2.22. The van der Waals surface area contributed by atoms with Gasteiger partial charge in [0.25, 0.3) is 0 Å². The second kappa shape index (κ2) is 7.64. The molecule has 0 aliphatic carbocycles. The second-order valence-electron chi connectivity index (χ2n) is 4.99. The molecule has 0 aromatic heterocycles. The molecule has 3 N–H and O–H groups in total. The van der Waals surface area contributed by atoms with E-state index in [9.17, 15) is 14.7 Å². The zero-order valence-corrected chi connectivity index (χ0v) is 12.6. The number of carboxylic acid groups (broad SMARTS) is 1. The third kappa shape index (κ3) is 4.75. The third-order valence-corrected chi connectivity index (χ3v) is 3.24. The third-order valence-electron chi connectivity index (χ3n) is 3.24. The molecule has 0 bridgehead atoms. The Morgan fingerprint density at radius 2 is 2.00 bits per heavy atom. The largest absolute Gasteiger partial charge is 0.495 e. The molecular formula is C15H22N2O4. The second-order valence-corrected chi connectivity index (χ2v) is 4.99. The summed E-state index contributed by atoms with van der Waals surface area (Å²) in [6.45, 7) is 3.40. The Labute approximate surface area is 124 Å². The molecule has 21 heavy (non-hydrogen) atoms. The van der Waals surface area contributed by atoms with Gasteiger partial charge < -0.3 is 15.2 Å². The van der Waals surface area contributed by atoms with E-state index >= 15 is 0 Å². The van der Waals surface area contributed by atoms with E-state index < -0.39 is 11.5 Å².